The number of unbranched alkanes of at least 4 members (excludes halogenated alkanes) is 15. The minimum absolute atomic E-state index is 0.524. The van der Waals surface area contributed by atoms with Crippen LogP contribution in [0.15, 0.2) is 18.2 Å². The van der Waals surface area contributed by atoms with Gasteiger partial charge < -0.3 is 4.74 Å². The molecule has 29 heavy (non-hydrogen) atoms. The lowest BCUT2D eigenvalue weighted by atomic mass is 10.00. The van der Waals surface area contributed by atoms with E-state index in [9.17, 15) is 0 Å². The second-order valence-corrected chi connectivity index (χ2v) is 9.35. The maximum atomic E-state index is 6.07. The van der Waals surface area contributed by atoms with Crippen molar-refractivity contribution in [2.75, 3.05) is 6.61 Å². The highest BCUT2D eigenvalue weighted by molar-refractivity contribution is 5.38. The van der Waals surface area contributed by atoms with Crippen molar-refractivity contribution in [2.24, 2.45) is 0 Å². The average Bonchev–Trinajstić information content (AvgIpc) is 2.71. The number of benzene rings is 1. The first kappa shape index (κ1) is 26.1. The van der Waals surface area contributed by atoms with Gasteiger partial charge in [-0.2, -0.15) is 0 Å². The van der Waals surface area contributed by atoms with E-state index in [1.165, 1.54) is 114 Å². The summed E-state index contributed by atoms with van der Waals surface area (Å²) in [4.78, 5) is 0. The van der Waals surface area contributed by atoms with Gasteiger partial charge in [-0.3, -0.25) is 0 Å². The summed E-state index contributed by atoms with van der Waals surface area (Å²) < 4.78 is 6.07. The van der Waals surface area contributed by atoms with Crippen molar-refractivity contribution >= 4 is 0 Å². The maximum Gasteiger partial charge on any atom is 0.122 e. The molecule has 0 saturated heterocycles. The molecule has 0 saturated carbocycles. The maximum absolute atomic E-state index is 6.07. The minimum Gasteiger partial charge on any atom is -0.493 e. The average molecular weight is 403 g/mol. The SMILES string of the molecule is CCCCCCCCCCCCCCCCCCOc1ccc(C)cc1C(C)C. The highest BCUT2D eigenvalue weighted by Crippen LogP contribution is 2.27. The molecule has 0 aliphatic rings. The van der Waals surface area contributed by atoms with Gasteiger partial charge in [0.15, 0.2) is 0 Å². The van der Waals surface area contributed by atoms with Gasteiger partial charge in [0.2, 0.25) is 0 Å². The van der Waals surface area contributed by atoms with E-state index in [2.05, 4.69) is 45.9 Å². The third-order valence-corrected chi connectivity index (χ3v) is 6.04. The molecule has 168 valence electrons. The zero-order valence-corrected chi connectivity index (χ0v) is 20.2. The molecule has 0 unspecified atom stereocenters. The van der Waals surface area contributed by atoms with Crippen LogP contribution in [0.2, 0.25) is 0 Å². The van der Waals surface area contributed by atoms with Crippen LogP contribution in [0.5, 0.6) is 5.75 Å². The number of hydrogen-bond donors (Lipinski definition) is 0. The molecular formula is C28H50O. The lowest BCUT2D eigenvalue weighted by Gasteiger charge is -2.15. The molecule has 0 radical (unpaired) electrons. The summed E-state index contributed by atoms with van der Waals surface area (Å²) in [6.45, 7) is 9.81. The molecule has 0 N–H and O–H groups in total. The van der Waals surface area contributed by atoms with Crippen molar-refractivity contribution in [3.63, 3.8) is 0 Å². The first-order chi connectivity index (χ1) is 14.1. The zero-order chi connectivity index (χ0) is 21.2. The first-order valence-corrected chi connectivity index (χ1v) is 12.9. The number of ether oxygens (including phenoxy) is 1. The van der Waals surface area contributed by atoms with Gasteiger partial charge in [0.25, 0.3) is 0 Å². The summed E-state index contributed by atoms with van der Waals surface area (Å²) in [5, 5.41) is 0. The number of hydrogen-bond acceptors (Lipinski definition) is 1. The predicted octanol–water partition coefficient (Wildman–Crippen LogP) is 9.76. The molecule has 1 aromatic rings. The Morgan fingerprint density at radius 3 is 1.55 bits per heavy atom. The second kappa shape index (κ2) is 17.8. The molecule has 1 aromatic carbocycles. The smallest absolute Gasteiger partial charge is 0.122 e. The van der Waals surface area contributed by atoms with Crippen LogP contribution in [-0.2, 0) is 0 Å². The van der Waals surface area contributed by atoms with Crippen molar-refractivity contribution in [3.8, 4) is 5.75 Å². The van der Waals surface area contributed by atoms with Crippen LogP contribution in [0, 0.1) is 6.92 Å². The van der Waals surface area contributed by atoms with Gasteiger partial charge in [-0.25, -0.2) is 0 Å². The number of rotatable bonds is 19. The van der Waals surface area contributed by atoms with Crippen LogP contribution in [-0.4, -0.2) is 6.61 Å². The van der Waals surface area contributed by atoms with Crippen LogP contribution in [0.25, 0.3) is 0 Å². The van der Waals surface area contributed by atoms with Gasteiger partial charge in [0.1, 0.15) is 5.75 Å². The molecule has 1 nitrogen and oxygen atoms in total. The Morgan fingerprint density at radius 1 is 0.655 bits per heavy atom. The van der Waals surface area contributed by atoms with Crippen LogP contribution in [0.1, 0.15) is 141 Å². The van der Waals surface area contributed by atoms with E-state index < -0.39 is 0 Å². The van der Waals surface area contributed by atoms with E-state index in [-0.39, 0.29) is 0 Å². The standard InChI is InChI=1S/C28H50O/c1-5-6-7-8-9-10-11-12-13-14-15-16-17-18-19-20-23-29-28-22-21-26(4)24-27(28)25(2)3/h21-22,24-25H,5-20,23H2,1-4H3. The van der Waals surface area contributed by atoms with Crippen LogP contribution in [0.4, 0.5) is 0 Å². The summed E-state index contributed by atoms with van der Waals surface area (Å²) in [7, 11) is 0. The van der Waals surface area contributed by atoms with Crippen molar-refractivity contribution in [1.29, 1.82) is 0 Å². The number of aryl methyl sites for hydroxylation is 1. The van der Waals surface area contributed by atoms with E-state index in [1.54, 1.807) is 0 Å². The molecule has 0 amide bonds. The van der Waals surface area contributed by atoms with Gasteiger partial charge in [-0.1, -0.05) is 135 Å². The van der Waals surface area contributed by atoms with Crippen LogP contribution < -0.4 is 4.74 Å². The molecule has 0 aliphatic heterocycles. The van der Waals surface area contributed by atoms with E-state index >= 15 is 0 Å². The van der Waals surface area contributed by atoms with E-state index in [0.29, 0.717) is 5.92 Å². The highest BCUT2D eigenvalue weighted by Gasteiger charge is 2.07. The predicted molar refractivity (Wildman–Crippen MR) is 130 cm³/mol. The van der Waals surface area contributed by atoms with Gasteiger partial charge in [0.05, 0.1) is 6.61 Å². The normalized spacial score (nSPS) is 11.3. The second-order valence-electron chi connectivity index (χ2n) is 9.35. The fraction of sp³-hybridized carbons (Fsp3) is 0.786. The Morgan fingerprint density at radius 2 is 1.10 bits per heavy atom. The summed E-state index contributed by atoms with van der Waals surface area (Å²) in [6, 6.07) is 6.58. The third-order valence-electron chi connectivity index (χ3n) is 6.04. The summed E-state index contributed by atoms with van der Waals surface area (Å²) in [5.74, 6) is 1.61. The van der Waals surface area contributed by atoms with Crippen molar-refractivity contribution in [1.82, 2.24) is 0 Å². The highest BCUT2D eigenvalue weighted by atomic mass is 16.5. The lowest BCUT2D eigenvalue weighted by Crippen LogP contribution is -2.01. The molecule has 0 heterocycles. The topological polar surface area (TPSA) is 9.23 Å². The van der Waals surface area contributed by atoms with Gasteiger partial charge >= 0.3 is 0 Å². The van der Waals surface area contributed by atoms with Crippen molar-refractivity contribution in [3.05, 3.63) is 29.3 Å². The minimum atomic E-state index is 0.524. The molecule has 0 fully saturated rings. The monoisotopic (exact) mass is 402 g/mol. The van der Waals surface area contributed by atoms with Gasteiger partial charge in [0, 0.05) is 0 Å². The van der Waals surface area contributed by atoms with Crippen molar-refractivity contribution in [2.45, 2.75) is 136 Å². The van der Waals surface area contributed by atoms with Crippen LogP contribution >= 0.6 is 0 Å². The van der Waals surface area contributed by atoms with E-state index in [1.807, 2.05) is 0 Å². The Labute approximate surface area is 183 Å². The molecule has 0 aromatic heterocycles. The third kappa shape index (κ3) is 13.8. The van der Waals surface area contributed by atoms with Crippen molar-refractivity contribution < 1.29 is 4.74 Å². The quantitative estimate of drug-likeness (QED) is 0.209. The molecule has 0 spiro atoms. The molecule has 0 bridgehead atoms. The Bertz CT molecular complexity index is 491. The Kier molecular flexibility index (Phi) is 16.0. The fourth-order valence-electron chi connectivity index (χ4n) is 4.08. The molecule has 0 atom stereocenters. The summed E-state index contributed by atoms with van der Waals surface area (Å²) >= 11 is 0. The van der Waals surface area contributed by atoms with E-state index in [4.69, 9.17) is 4.74 Å². The Balaban J connectivity index is 1.87. The van der Waals surface area contributed by atoms with E-state index in [0.717, 1.165) is 12.4 Å². The van der Waals surface area contributed by atoms with Gasteiger partial charge in [-0.05, 0) is 30.9 Å². The van der Waals surface area contributed by atoms with Crippen LogP contribution in [0.3, 0.4) is 0 Å². The van der Waals surface area contributed by atoms with Gasteiger partial charge in [-0.15, -0.1) is 0 Å². The summed E-state index contributed by atoms with van der Waals surface area (Å²) in [5.41, 5.74) is 2.67. The fourth-order valence-corrected chi connectivity index (χ4v) is 4.08. The molecule has 0 aliphatic carbocycles. The molecule has 1 rings (SSSR count). The molecular weight excluding hydrogens is 352 g/mol. The zero-order valence-electron chi connectivity index (χ0n) is 20.2. The Hall–Kier alpha value is -0.980. The largest absolute Gasteiger partial charge is 0.493 e. The first-order valence-electron chi connectivity index (χ1n) is 12.9. The lowest BCUT2D eigenvalue weighted by molar-refractivity contribution is 0.300. The summed E-state index contributed by atoms with van der Waals surface area (Å²) in [6.07, 6.45) is 22.6. The molecule has 1 heteroatoms.